The second-order valence-corrected chi connectivity index (χ2v) is 6.62. The third-order valence-corrected chi connectivity index (χ3v) is 4.27. The van der Waals surface area contributed by atoms with E-state index in [2.05, 4.69) is 5.32 Å². The minimum absolute atomic E-state index is 0.0408. The number of ether oxygens (including phenoxy) is 1. The van der Waals surface area contributed by atoms with Gasteiger partial charge in [0.15, 0.2) is 0 Å². The Hall–Kier alpha value is -1.59. The summed E-state index contributed by atoms with van der Waals surface area (Å²) in [7, 11) is 0. The third kappa shape index (κ3) is 5.52. The molecule has 5 nitrogen and oxygen atoms in total. The average Bonchev–Trinajstić information content (AvgIpc) is 2.89. The van der Waals surface area contributed by atoms with Crippen molar-refractivity contribution in [1.29, 1.82) is 0 Å². The Bertz CT molecular complexity index is 519. The molecule has 1 aromatic carbocycles. The van der Waals surface area contributed by atoms with E-state index >= 15 is 0 Å². The highest BCUT2D eigenvalue weighted by atomic mass is 16.5. The van der Waals surface area contributed by atoms with Crippen molar-refractivity contribution in [2.45, 2.75) is 57.8 Å². The quantitative estimate of drug-likeness (QED) is 0.718. The van der Waals surface area contributed by atoms with Gasteiger partial charge in [0.25, 0.3) is 0 Å². The van der Waals surface area contributed by atoms with E-state index in [1.165, 1.54) is 0 Å². The van der Waals surface area contributed by atoms with Gasteiger partial charge in [-0.25, -0.2) is 0 Å². The summed E-state index contributed by atoms with van der Waals surface area (Å²) in [6.45, 7) is 4.11. The number of amides is 1. The molecule has 1 fully saturated rings. The summed E-state index contributed by atoms with van der Waals surface area (Å²) in [5.41, 5.74) is 6.72. The van der Waals surface area contributed by atoms with E-state index in [4.69, 9.17) is 10.5 Å². The second kappa shape index (κ2) is 8.31. The van der Waals surface area contributed by atoms with Crippen LogP contribution in [0.4, 0.5) is 0 Å². The highest BCUT2D eigenvalue weighted by Gasteiger charge is 2.26. The first-order chi connectivity index (χ1) is 11.0. The largest absolute Gasteiger partial charge is 0.491 e. The first-order valence-corrected chi connectivity index (χ1v) is 8.42. The van der Waals surface area contributed by atoms with E-state index in [0.717, 1.165) is 30.6 Å². The smallest absolute Gasteiger partial charge is 0.220 e. The highest BCUT2D eigenvalue weighted by molar-refractivity contribution is 5.76. The fraction of sp³-hybridized carbons (Fsp3) is 0.611. The number of carbonyl (C=O) groups is 1. The predicted molar refractivity (Wildman–Crippen MR) is 90.1 cm³/mol. The van der Waals surface area contributed by atoms with Crippen LogP contribution in [0, 0.1) is 5.92 Å². The number of hydrogen-bond acceptors (Lipinski definition) is 4. The molecule has 0 heterocycles. The molecule has 0 radical (unpaired) electrons. The van der Waals surface area contributed by atoms with Gasteiger partial charge in [0.2, 0.25) is 5.91 Å². The van der Waals surface area contributed by atoms with Crippen LogP contribution in [0.15, 0.2) is 24.3 Å². The fourth-order valence-electron chi connectivity index (χ4n) is 3.02. The van der Waals surface area contributed by atoms with Crippen LogP contribution in [-0.4, -0.2) is 29.7 Å². The molecule has 128 valence electrons. The minimum atomic E-state index is -0.744. The fourth-order valence-corrected chi connectivity index (χ4v) is 3.02. The standard InChI is InChI=1S/C18H28N2O3/c1-12(2)23-15-7-3-6-14(9-15)17(21)11-20-18(22)10-13-5-4-8-16(13)19/h3,6-7,9,12-13,16-17,21H,4-5,8,10-11,19H2,1-2H3,(H,20,22)/t13-,16+,17?/m0/s1. The Morgan fingerprint density at radius 3 is 2.87 bits per heavy atom. The first kappa shape index (κ1) is 17.8. The van der Waals surface area contributed by atoms with Gasteiger partial charge in [0.1, 0.15) is 5.75 Å². The van der Waals surface area contributed by atoms with Crippen LogP contribution in [0.1, 0.15) is 51.2 Å². The molecule has 5 heteroatoms. The van der Waals surface area contributed by atoms with Gasteiger partial charge in [-0.2, -0.15) is 0 Å². The maximum Gasteiger partial charge on any atom is 0.220 e. The lowest BCUT2D eigenvalue weighted by molar-refractivity contribution is -0.122. The Morgan fingerprint density at radius 1 is 1.43 bits per heavy atom. The van der Waals surface area contributed by atoms with Crippen LogP contribution in [0.5, 0.6) is 5.75 Å². The molecule has 0 bridgehead atoms. The Labute approximate surface area is 138 Å². The van der Waals surface area contributed by atoms with Crippen LogP contribution >= 0.6 is 0 Å². The Balaban J connectivity index is 1.82. The van der Waals surface area contributed by atoms with Crippen molar-refractivity contribution >= 4 is 5.91 Å². The van der Waals surface area contributed by atoms with Crippen molar-refractivity contribution in [1.82, 2.24) is 5.32 Å². The molecule has 1 amide bonds. The highest BCUT2D eigenvalue weighted by Crippen LogP contribution is 2.26. The summed E-state index contributed by atoms with van der Waals surface area (Å²) in [4.78, 5) is 12.0. The number of benzene rings is 1. The average molecular weight is 320 g/mol. The number of carbonyl (C=O) groups excluding carboxylic acids is 1. The Kier molecular flexibility index (Phi) is 6.42. The number of nitrogens with two attached hydrogens (primary N) is 1. The van der Waals surface area contributed by atoms with Crippen molar-refractivity contribution in [3.05, 3.63) is 29.8 Å². The molecule has 3 atom stereocenters. The molecule has 1 aliphatic rings. The summed E-state index contributed by atoms with van der Waals surface area (Å²) in [5.74, 6) is 0.954. The first-order valence-electron chi connectivity index (χ1n) is 8.42. The lowest BCUT2D eigenvalue weighted by atomic mass is 10.00. The van der Waals surface area contributed by atoms with Crippen molar-refractivity contribution in [3.63, 3.8) is 0 Å². The predicted octanol–water partition coefficient (Wildman–Crippen LogP) is 2.14. The second-order valence-electron chi connectivity index (χ2n) is 6.62. The van der Waals surface area contributed by atoms with Crippen LogP contribution in [0.2, 0.25) is 0 Å². The number of aliphatic hydroxyl groups is 1. The topological polar surface area (TPSA) is 84.6 Å². The molecule has 0 aromatic heterocycles. The zero-order valence-corrected chi connectivity index (χ0v) is 14.0. The van der Waals surface area contributed by atoms with Gasteiger partial charge in [-0.15, -0.1) is 0 Å². The zero-order valence-electron chi connectivity index (χ0n) is 14.0. The van der Waals surface area contributed by atoms with Gasteiger partial charge in [-0.05, 0) is 50.3 Å². The maximum atomic E-state index is 12.0. The molecule has 0 aliphatic heterocycles. The van der Waals surface area contributed by atoms with E-state index < -0.39 is 6.10 Å². The molecule has 4 N–H and O–H groups in total. The number of rotatable bonds is 7. The van der Waals surface area contributed by atoms with E-state index in [1.807, 2.05) is 38.1 Å². The molecular weight excluding hydrogens is 292 g/mol. The molecule has 23 heavy (non-hydrogen) atoms. The molecule has 2 rings (SSSR count). The molecule has 1 aliphatic carbocycles. The molecule has 0 saturated heterocycles. The van der Waals surface area contributed by atoms with Crippen LogP contribution in [0.3, 0.4) is 0 Å². The van der Waals surface area contributed by atoms with Gasteiger partial charge in [0.05, 0.1) is 12.2 Å². The summed E-state index contributed by atoms with van der Waals surface area (Å²) in [6.07, 6.45) is 2.91. The lowest BCUT2D eigenvalue weighted by Gasteiger charge is -2.17. The number of aliphatic hydroxyl groups excluding tert-OH is 1. The monoisotopic (exact) mass is 320 g/mol. The number of hydrogen-bond donors (Lipinski definition) is 3. The molecule has 0 spiro atoms. The SMILES string of the molecule is CC(C)Oc1cccc(C(O)CNC(=O)C[C@@H]2CCC[C@H]2N)c1. The van der Waals surface area contributed by atoms with Gasteiger partial charge < -0.3 is 20.9 Å². The van der Waals surface area contributed by atoms with E-state index in [1.54, 1.807) is 0 Å². The summed E-state index contributed by atoms with van der Waals surface area (Å²) in [5, 5.41) is 13.0. The molecule has 1 aromatic rings. The van der Waals surface area contributed by atoms with Gasteiger partial charge in [-0.3, -0.25) is 4.79 Å². The van der Waals surface area contributed by atoms with Gasteiger partial charge >= 0.3 is 0 Å². The zero-order chi connectivity index (χ0) is 16.8. The van der Waals surface area contributed by atoms with Gasteiger partial charge in [0, 0.05) is 19.0 Å². The van der Waals surface area contributed by atoms with E-state index in [-0.39, 0.29) is 30.5 Å². The van der Waals surface area contributed by atoms with Crippen LogP contribution in [0.25, 0.3) is 0 Å². The summed E-state index contributed by atoms with van der Waals surface area (Å²) in [6, 6.07) is 7.47. The minimum Gasteiger partial charge on any atom is -0.491 e. The van der Waals surface area contributed by atoms with Crippen molar-refractivity contribution in [2.75, 3.05) is 6.54 Å². The lowest BCUT2D eigenvalue weighted by Crippen LogP contribution is -2.33. The van der Waals surface area contributed by atoms with Crippen molar-refractivity contribution in [2.24, 2.45) is 11.7 Å². The summed E-state index contributed by atoms with van der Waals surface area (Å²) < 4.78 is 5.62. The summed E-state index contributed by atoms with van der Waals surface area (Å²) >= 11 is 0. The van der Waals surface area contributed by atoms with Crippen LogP contribution in [-0.2, 0) is 4.79 Å². The normalized spacial score (nSPS) is 22.1. The third-order valence-electron chi connectivity index (χ3n) is 4.27. The molecule has 1 saturated carbocycles. The number of nitrogens with one attached hydrogen (secondary N) is 1. The molecular formula is C18H28N2O3. The van der Waals surface area contributed by atoms with Crippen molar-refractivity contribution in [3.8, 4) is 5.75 Å². The maximum absolute atomic E-state index is 12.0. The van der Waals surface area contributed by atoms with Gasteiger partial charge in [-0.1, -0.05) is 18.6 Å². The Morgan fingerprint density at radius 2 is 2.22 bits per heavy atom. The van der Waals surface area contributed by atoms with Crippen LogP contribution < -0.4 is 15.8 Å². The van der Waals surface area contributed by atoms with E-state index in [9.17, 15) is 9.90 Å². The molecule has 1 unspecified atom stereocenters. The van der Waals surface area contributed by atoms with Crippen molar-refractivity contribution < 1.29 is 14.6 Å². The van der Waals surface area contributed by atoms with E-state index in [0.29, 0.717) is 6.42 Å².